The molecule has 0 saturated carbocycles. The quantitative estimate of drug-likeness (QED) is 0.783. The zero-order valence-electron chi connectivity index (χ0n) is 14.3. The van der Waals surface area contributed by atoms with Gasteiger partial charge in [-0.05, 0) is 30.3 Å². The fraction of sp³-hybridized carbons (Fsp3) is 0.278. The van der Waals surface area contributed by atoms with Crippen LogP contribution in [0.15, 0.2) is 42.5 Å². The van der Waals surface area contributed by atoms with E-state index >= 15 is 0 Å². The van der Waals surface area contributed by atoms with Crippen molar-refractivity contribution in [3.63, 3.8) is 0 Å². The lowest BCUT2D eigenvalue weighted by Crippen LogP contribution is -2.36. The van der Waals surface area contributed by atoms with Crippen molar-refractivity contribution in [1.29, 1.82) is 0 Å². The molecule has 0 aromatic heterocycles. The van der Waals surface area contributed by atoms with E-state index in [0.29, 0.717) is 29.6 Å². The smallest absolute Gasteiger partial charge is 0.387 e. The van der Waals surface area contributed by atoms with Crippen molar-refractivity contribution in [3.8, 4) is 5.75 Å². The molecule has 9 heteroatoms. The average molecular weight is 398 g/mol. The number of carbonyl (C=O) groups is 1. The molecule has 0 radical (unpaired) electrons. The van der Waals surface area contributed by atoms with Crippen molar-refractivity contribution in [1.82, 2.24) is 0 Å². The molecule has 0 unspecified atom stereocenters. The van der Waals surface area contributed by atoms with E-state index in [4.69, 9.17) is 16.3 Å². The van der Waals surface area contributed by atoms with Crippen molar-refractivity contribution < 1.29 is 23.0 Å². The molecule has 6 nitrogen and oxygen atoms in total. The molecule has 2 aromatic rings. The van der Waals surface area contributed by atoms with E-state index in [-0.39, 0.29) is 5.75 Å². The molecule has 2 N–H and O–H groups in total. The van der Waals surface area contributed by atoms with Crippen LogP contribution in [0, 0.1) is 0 Å². The summed E-state index contributed by atoms with van der Waals surface area (Å²) < 4.78 is 34.2. The van der Waals surface area contributed by atoms with Crippen LogP contribution in [0.4, 0.5) is 30.6 Å². The second-order valence-corrected chi connectivity index (χ2v) is 6.16. The minimum absolute atomic E-state index is 0.0410. The molecule has 144 valence electrons. The first kappa shape index (κ1) is 19.2. The van der Waals surface area contributed by atoms with Gasteiger partial charge in [0.15, 0.2) is 0 Å². The summed E-state index contributed by atoms with van der Waals surface area (Å²) in [7, 11) is 0. The standard InChI is InChI=1S/C18H18ClF2N3O3/c19-15-11-13(4-5-16(15)24-6-8-26-9-7-24)23-18(25)22-12-2-1-3-14(10-12)27-17(20)21/h1-5,10-11,17H,6-9H2,(H2,22,23,25). The highest BCUT2D eigenvalue weighted by Crippen LogP contribution is 2.29. The van der Waals surface area contributed by atoms with Gasteiger partial charge in [-0.15, -0.1) is 0 Å². The highest BCUT2D eigenvalue weighted by atomic mass is 35.5. The second kappa shape index (κ2) is 8.88. The molecule has 2 aromatic carbocycles. The molecule has 0 bridgehead atoms. The van der Waals surface area contributed by atoms with Gasteiger partial charge in [-0.3, -0.25) is 0 Å². The van der Waals surface area contributed by atoms with Crippen LogP contribution in [0.25, 0.3) is 0 Å². The maximum absolute atomic E-state index is 12.3. The van der Waals surface area contributed by atoms with Crippen LogP contribution < -0.4 is 20.3 Å². The van der Waals surface area contributed by atoms with E-state index in [1.54, 1.807) is 18.2 Å². The van der Waals surface area contributed by atoms with Crippen molar-refractivity contribution in [2.24, 2.45) is 0 Å². The lowest BCUT2D eigenvalue weighted by atomic mass is 10.2. The first-order valence-corrected chi connectivity index (χ1v) is 8.64. The number of halogens is 3. The van der Waals surface area contributed by atoms with Gasteiger partial charge in [0.05, 0.1) is 23.9 Å². The summed E-state index contributed by atoms with van der Waals surface area (Å²) in [5, 5.41) is 5.73. The first-order chi connectivity index (χ1) is 13.0. The lowest BCUT2D eigenvalue weighted by Gasteiger charge is -2.29. The summed E-state index contributed by atoms with van der Waals surface area (Å²) in [5.74, 6) is -0.0410. The highest BCUT2D eigenvalue weighted by molar-refractivity contribution is 6.33. The van der Waals surface area contributed by atoms with Crippen molar-refractivity contribution in [2.45, 2.75) is 6.61 Å². The number of morpholine rings is 1. The Balaban J connectivity index is 1.61. The number of amides is 2. The van der Waals surface area contributed by atoms with Crippen LogP contribution in [0.3, 0.4) is 0 Å². The number of benzene rings is 2. The number of carbonyl (C=O) groups excluding carboxylic acids is 1. The zero-order chi connectivity index (χ0) is 19.2. The Morgan fingerprint density at radius 1 is 1.11 bits per heavy atom. The van der Waals surface area contributed by atoms with Crippen molar-refractivity contribution in [2.75, 3.05) is 41.8 Å². The number of alkyl halides is 2. The number of rotatable bonds is 5. The molecule has 0 atom stereocenters. The summed E-state index contributed by atoms with van der Waals surface area (Å²) in [4.78, 5) is 14.2. The van der Waals surface area contributed by atoms with Gasteiger partial charge in [-0.1, -0.05) is 17.7 Å². The van der Waals surface area contributed by atoms with Crippen LogP contribution in [0.5, 0.6) is 5.75 Å². The maximum Gasteiger partial charge on any atom is 0.387 e. The predicted molar refractivity (Wildman–Crippen MR) is 100 cm³/mol. The van der Waals surface area contributed by atoms with Crippen LogP contribution in [-0.2, 0) is 4.74 Å². The van der Waals surface area contributed by atoms with Gasteiger partial charge in [0.25, 0.3) is 0 Å². The lowest BCUT2D eigenvalue weighted by molar-refractivity contribution is -0.0497. The van der Waals surface area contributed by atoms with Gasteiger partial charge < -0.3 is 25.0 Å². The van der Waals surface area contributed by atoms with Crippen LogP contribution >= 0.6 is 11.6 Å². The number of hydrogen-bond acceptors (Lipinski definition) is 4. The number of ether oxygens (including phenoxy) is 2. The molecule has 1 saturated heterocycles. The summed E-state index contributed by atoms with van der Waals surface area (Å²) in [6, 6.07) is 10.4. The van der Waals surface area contributed by atoms with Gasteiger partial charge in [-0.25, -0.2) is 4.79 Å². The molecule has 1 aliphatic heterocycles. The normalized spacial score (nSPS) is 14.1. The molecule has 1 aliphatic rings. The fourth-order valence-corrected chi connectivity index (χ4v) is 2.99. The Bertz CT molecular complexity index is 801. The Kier molecular flexibility index (Phi) is 6.31. The third kappa shape index (κ3) is 5.45. The highest BCUT2D eigenvalue weighted by Gasteiger charge is 2.15. The summed E-state index contributed by atoms with van der Waals surface area (Å²) in [6.45, 7) is -0.130. The van der Waals surface area contributed by atoms with Gasteiger partial charge >= 0.3 is 12.6 Å². The summed E-state index contributed by atoms with van der Waals surface area (Å²) >= 11 is 6.33. The van der Waals surface area contributed by atoms with E-state index in [2.05, 4.69) is 20.3 Å². The molecule has 0 aliphatic carbocycles. The van der Waals surface area contributed by atoms with Crippen molar-refractivity contribution in [3.05, 3.63) is 47.5 Å². The molecular formula is C18H18ClF2N3O3. The minimum atomic E-state index is -2.93. The SMILES string of the molecule is O=C(Nc1cccc(OC(F)F)c1)Nc1ccc(N2CCOCC2)c(Cl)c1. The fourth-order valence-electron chi connectivity index (χ4n) is 2.69. The van der Waals surface area contributed by atoms with Crippen molar-refractivity contribution >= 4 is 34.7 Å². The van der Waals surface area contributed by atoms with E-state index in [1.165, 1.54) is 18.2 Å². The number of anilines is 3. The average Bonchev–Trinajstić information content (AvgIpc) is 2.62. The number of nitrogens with one attached hydrogen (secondary N) is 2. The maximum atomic E-state index is 12.3. The summed E-state index contributed by atoms with van der Waals surface area (Å²) in [5.41, 5.74) is 1.71. The third-order valence-corrected chi connectivity index (χ3v) is 4.18. The third-order valence-electron chi connectivity index (χ3n) is 3.87. The Morgan fingerprint density at radius 2 is 1.81 bits per heavy atom. The Hall–Kier alpha value is -2.58. The van der Waals surface area contributed by atoms with E-state index in [0.717, 1.165) is 18.8 Å². The van der Waals surface area contributed by atoms with Gasteiger partial charge in [0.1, 0.15) is 5.75 Å². The Labute approximate surface area is 160 Å². The molecule has 27 heavy (non-hydrogen) atoms. The second-order valence-electron chi connectivity index (χ2n) is 5.75. The predicted octanol–water partition coefficient (Wildman–Crippen LogP) is 4.42. The van der Waals surface area contributed by atoms with Crippen LogP contribution in [-0.4, -0.2) is 38.9 Å². The zero-order valence-corrected chi connectivity index (χ0v) is 15.0. The molecule has 0 spiro atoms. The van der Waals surface area contributed by atoms with E-state index in [1.807, 2.05) is 6.07 Å². The van der Waals surface area contributed by atoms with E-state index in [9.17, 15) is 13.6 Å². The Morgan fingerprint density at radius 3 is 2.48 bits per heavy atom. The topological polar surface area (TPSA) is 62.8 Å². The number of hydrogen-bond donors (Lipinski definition) is 2. The van der Waals surface area contributed by atoms with Gasteiger partial charge in [0.2, 0.25) is 0 Å². The first-order valence-electron chi connectivity index (χ1n) is 8.26. The molecule has 2 amide bonds. The van der Waals surface area contributed by atoms with Gasteiger partial charge in [0, 0.05) is 30.5 Å². The molecule has 1 fully saturated rings. The number of urea groups is 1. The molecule has 1 heterocycles. The van der Waals surface area contributed by atoms with E-state index < -0.39 is 12.6 Å². The molecular weight excluding hydrogens is 380 g/mol. The van der Waals surface area contributed by atoms with Crippen LogP contribution in [0.2, 0.25) is 5.02 Å². The minimum Gasteiger partial charge on any atom is -0.435 e. The number of nitrogens with zero attached hydrogens (tertiary/aromatic N) is 1. The largest absolute Gasteiger partial charge is 0.435 e. The monoisotopic (exact) mass is 397 g/mol. The summed E-state index contributed by atoms with van der Waals surface area (Å²) in [6.07, 6.45) is 0. The molecule has 3 rings (SSSR count). The van der Waals surface area contributed by atoms with Crippen LogP contribution in [0.1, 0.15) is 0 Å². The van der Waals surface area contributed by atoms with Gasteiger partial charge in [-0.2, -0.15) is 8.78 Å².